The zero-order valence-corrected chi connectivity index (χ0v) is 11.5. The molecule has 1 saturated heterocycles. The molecule has 6 heteroatoms. The Morgan fingerprint density at radius 2 is 2.15 bits per heavy atom. The largest absolute Gasteiger partial charge is 0.478 e. The lowest BCUT2D eigenvalue weighted by Gasteiger charge is -2.32. The third-order valence-electron chi connectivity index (χ3n) is 3.75. The van der Waals surface area contributed by atoms with Crippen molar-refractivity contribution in [3.05, 3.63) is 29.6 Å². The molecule has 0 bridgehead atoms. The molecule has 0 aromatic carbocycles. The summed E-state index contributed by atoms with van der Waals surface area (Å²) in [5.41, 5.74) is 0.378. The van der Waals surface area contributed by atoms with Gasteiger partial charge in [0.25, 0.3) is 0 Å². The molecule has 0 aliphatic carbocycles. The van der Waals surface area contributed by atoms with Crippen molar-refractivity contribution < 1.29 is 14.7 Å². The van der Waals surface area contributed by atoms with Gasteiger partial charge in [-0.3, -0.25) is 9.78 Å². The Kier molecular flexibility index (Phi) is 4.34. The second kappa shape index (κ2) is 6.00. The monoisotopic (exact) mass is 277 g/mol. The van der Waals surface area contributed by atoms with Crippen LogP contribution in [0.25, 0.3) is 0 Å². The van der Waals surface area contributed by atoms with Gasteiger partial charge >= 0.3 is 5.97 Å². The molecule has 0 spiro atoms. The van der Waals surface area contributed by atoms with Gasteiger partial charge in [0.1, 0.15) is 0 Å². The molecule has 0 unspecified atom stereocenters. The second-order valence-electron chi connectivity index (χ2n) is 5.33. The van der Waals surface area contributed by atoms with Gasteiger partial charge in [0, 0.05) is 11.6 Å². The quantitative estimate of drug-likeness (QED) is 0.756. The maximum absolute atomic E-state index is 12.2. The van der Waals surface area contributed by atoms with Crippen LogP contribution in [0, 0.1) is 5.41 Å². The lowest BCUT2D eigenvalue weighted by atomic mass is 9.80. The van der Waals surface area contributed by atoms with Crippen LogP contribution in [0.2, 0.25) is 0 Å². The average molecular weight is 277 g/mol. The predicted octanol–water partition coefficient (Wildman–Crippen LogP) is 0.786. The van der Waals surface area contributed by atoms with Crippen LogP contribution in [0.3, 0.4) is 0 Å². The molecule has 2 heterocycles. The van der Waals surface area contributed by atoms with E-state index in [0.717, 1.165) is 25.9 Å². The van der Waals surface area contributed by atoms with Crippen LogP contribution in [0.5, 0.6) is 0 Å². The Morgan fingerprint density at radius 3 is 2.80 bits per heavy atom. The first-order valence-electron chi connectivity index (χ1n) is 6.68. The van der Waals surface area contributed by atoms with Crippen molar-refractivity contribution in [1.82, 2.24) is 15.6 Å². The molecular weight excluding hydrogens is 258 g/mol. The lowest BCUT2D eigenvalue weighted by molar-refractivity contribution is -0.131. The van der Waals surface area contributed by atoms with Crippen molar-refractivity contribution in [2.75, 3.05) is 13.1 Å². The third kappa shape index (κ3) is 3.33. The summed E-state index contributed by atoms with van der Waals surface area (Å²) in [6.07, 6.45) is 3.06. The summed E-state index contributed by atoms with van der Waals surface area (Å²) in [7, 11) is 0. The highest BCUT2D eigenvalue weighted by Gasteiger charge is 2.34. The highest BCUT2D eigenvalue weighted by Crippen LogP contribution is 2.27. The summed E-state index contributed by atoms with van der Waals surface area (Å²) in [6.45, 7) is 3.90. The highest BCUT2D eigenvalue weighted by molar-refractivity contribution is 5.87. The van der Waals surface area contributed by atoms with Crippen LogP contribution >= 0.6 is 0 Å². The molecule has 6 nitrogen and oxygen atoms in total. The summed E-state index contributed by atoms with van der Waals surface area (Å²) in [4.78, 5) is 27.2. The number of rotatable bonds is 4. The van der Waals surface area contributed by atoms with Crippen molar-refractivity contribution in [2.45, 2.75) is 26.3 Å². The molecule has 2 rings (SSSR count). The number of hydrogen-bond donors (Lipinski definition) is 3. The number of pyridine rings is 1. The normalized spacial score (nSPS) is 17.4. The van der Waals surface area contributed by atoms with Crippen molar-refractivity contribution in [1.29, 1.82) is 0 Å². The molecule has 20 heavy (non-hydrogen) atoms. The lowest BCUT2D eigenvalue weighted by Crippen LogP contribution is -2.45. The first-order chi connectivity index (χ1) is 9.51. The van der Waals surface area contributed by atoms with E-state index in [1.54, 1.807) is 0 Å². The predicted molar refractivity (Wildman–Crippen MR) is 73.3 cm³/mol. The minimum Gasteiger partial charge on any atom is -0.478 e. The molecule has 0 atom stereocenters. The number of carbonyl (C=O) groups is 2. The van der Waals surface area contributed by atoms with E-state index in [1.165, 1.54) is 18.3 Å². The number of nitrogens with one attached hydrogen (secondary N) is 2. The topological polar surface area (TPSA) is 91.3 Å². The molecule has 1 aliphatic rings. The number of hydrogen-bond acceptors (Lipinski definition) is 4. The Labute approximate surface area is 117 Å². The standard InChI is InChI=1S/C14H19N3O3/c1-14(3-6-15-7-4-14)13(20)17-9-11-8-10(12(18)19)2-5-16-11/h2,5,8,15H,3-4,6-7,9H2,1H3,(H,17,20)(H,18,19). The van der Waals surface area contributed by atoms with E-state index in [0.29, 0.717) is 5.69 Å². The van der Waals surface area contributed by atoms with Gasteiger partial charge in [-0.2, -0.15) is 0 Å². The molecule has 1 aromatic rings. The van der Waals surface area contributed by atoms with E-state index in [4.69, 9.17) is 5.11 Å². The Bertz CT molecular complexity index is 510. The van der Waals surface area contributed by atoms with Gasteiger partial charge in [-0.15, -0.1) is 0 Å². The Hall–Kier alpha value is -1.95. The fraction of sp³-hybridized carbons (Fsp3) is 0.500. The van der Waals surface area contributed by atoms with E-state index in [2.05, 4.69) is 15.6 Å². The number of aromatic nitrogens is 1. The van der Waals surface area contributed by atoms with E-state index in [1.807, 2.05) is 6.92 Å². The maximum Gasteiger partial charge on any atom is 0.335 e. The second-order valence-corrected chi connectivity index (χ2v) is 5.33. The van der Waals surface area contributed by atoms with Gasteiger partial charge in [-0.25, -0.2) is 4.79 Å². The molecule has 3 N–H and O–H groups in total. The minimum absolute atomic E-state index is 0.00141. The van der Waals surface area contributed by atoms with E-state index >= 15 is 0 Å². The van der Waals surface area contributed by atoms with E-state index in [9.17, 15) is 9.59 Å². The van der Waals surface area contributed by atoms with Gasteiger partial charge in [-0.05, 0) is 38.1 Å². The van der Waals surface area contributed by atoms with Crippen molar-refractivity contribution in [2.24, 2.45) is 5.41 Å². The van der Waals surface area contributed by atoms with Crippen LogP contribution in [0.15, 0.2) is 18.3 Å². The van der Waals surface area contributed by atoms with E-state index < -0.39 is 5.97 Å². The first-order valence-corrected chi connectivity index (χ1v) is 6.68. The van der Waals surface area contributed by atoms with Crippen LogP contribution < -0.4 is 10.6 Å². The number of carbonyl (C=O) groups excluding carboxylic acids is 1. The number of carboxylic acids is 1. The summed E-state index contributed by atoms with van der Waals surface area (Å²) in [5, 5.41) is 15.0. The zero-order valence-electron chi connectivity index (χ0n) is 11.5. The van der Waals surface area contributed by atoms with Gasteiger partial charge < -0.3 is 15.7 Å². The number of aromatic carboxylic acids is 1. The first kappa shape index (κ1) is 14.5. The third-order valence-corrected chi connectivity index (χ3v) is 3.75. The minimum atomic E-state index is -0.995. The maximum atomic E-state index is 12.2. The molecule has 1 amide bonds. The Balaban J connectivity index is 1.96. The molecule has 1 aliphatic heterocycles. The Morgan fingerprint density at radius 1 is 1.45 bits per heavy atom. The van der Waals surface area contributed by atoms with Gasteiger partial charge in [-0.1, -0.05) is 6.92 Å². The van der Waals surface area contributed by atoms with Crippen LogP contribution in [-0.4, -0.2) is 35.1 Å². The zero-order chi connectivity index (χ0) is 14.6. The van der Waals surface area contributed by atoms with Gasteiger partial charge in [0.2, 0.25) is 5.91 Å². The summed E-state index contributed by atoms with van der Waals surface area (Å²) in [5.74, 6) is -0.994. The number of nitrogens with zero attached hydrogens (tertiary/aromatic N) is 1. The van der Waals surface area contributed by atoms with Crippen LogP contribution in [0.1, 0.15) is 35.8 Å². The van der Waals surface area contributed by atoms with Crippen molar-refractivity contribution in [3.63, 3.8) is 0 Å². The van der Waals surface area contributed by atoms with Gasteiger partial charge in [0.05, 0.1) is 17.8 Å². The SMILES string of the molecule is CC1(C(=O)NCc2cc(C(=O)O)ccn2)CCNCC1. The number of amides is 1. The molecule has 0 saturated carbocycles. The molecule has 108 valence electrons. The number of carboxylic acid groups (broad SMARTS) is 1. The van der Waals surface area contributed by atoms with Gasteiger partial charge in [0.15, 0.2) is 0 Å². The van der Waals surface area contributed by atoms with Crippen LogP contribution in [-0.2, 0) is 11.3 Å². The smallest absolute Gasteiger partial charge is 0.335 e. The summed E-state index contributed by atoms with van der Waals surface area (Å²) in [6, 6.07) is 2.91. The summed E-state index contributed by atoms with van der Waals surface area (Å²) >= 11 is 0. The number of piperidine rings is 1. The van der Waals surface area contributed by atoms with Crippen LogP contribution in [0.4, 0.5) is 0 Å². The van der Waals surface area contributed by atoms with Crippen molar-refractivity contribution in [3.8, 4) is 0 Å². The van der Waals surface area contributed by atoms with E-state index in [-0.39, 0.29) is 23.4 Å². The summed E-state index contributed by atoms with van der Waals surface area (Å²) < 4.78 is 0. The molecule has 0 radical (unpaired) electrons. The fourth-order valence-corrected chi connectivity index (χ4v) is 2.30. The highest BCUT2D eigenvalue weighted by atomic mass is 16.4. The molecule has 1 aromatic heterocycles. The molecule has 1 fully saturated rings. The van der Waals surface area contributed by atoms with Crippen molar-refractivity contribution >= 4 is 11.9 Å². The fourth-order valence-electron chi connectivity index (χ4n) is 2.30. The molecular formula is C14H19N3O3. The average Bonchev–Trinajstić information content (AvgIpc) is 2.45.